The molecule has 0 saturated heterocycles. The Morgan fingerprint density at radius 1 is 0.269 bits per heavy atom. The monoisotopic (exact) mass is 1090 g/mol. The number of hydrogen-bond acceptors (Lipinski definition) is 6. The van der Waals surface area contributed by atoms with E-state index in [1.165, 1.54) is 250 Å². The maximum atomic E-state index is 12.9. The average molecular weight is 1090 g/mol. The van der Waals surface area contributed by atoms with Gasteiger partial charge in [-0.1, -0.05) is 345 Å². The summed E-state index contributed by atoms with van der Waals surface area (Å²) in [5.41, 5.74) is 0. The fourth-order valence-corrected chi connectivity index (χ4v) is 10.4. The van der Waals surface area contributed by atoms with E-state index in [1.807, 2.05) is 0 Å². The van der Waals surface area contributed by atoms with Crippen LogP contribution in [0.4, 0.5) is 0 Å². The molecule has 0 amide bonds. The second-order valence-electron chi connectivity index (χ2n) is 23.4. The fraction of sp³-hybridized carbons (Fsp3) is 0.847. The van der Waals surface area contributed by atoms with Crippen molar-refractivity contribution < 1.29 is 28.6 Å². The lowest BCUT2D eigenvalue weighted by Gasteiger charge is -2.18. The molecule has 0 fully saturated rings. The molecule has 0 aromatic rings. The quantitative estimate of drug-likeness (QED) is 0.0261. The van der Waals surface area contributed by atoms with Gasteiger partial charge in [0.25, 0.3) is 0 Å². The summed E-state index contributed by atoms with van der Waals surface area (Å²) >= 11 is 0. The maximum Gasteiger partial charge on any atom is 0.306 e. The van der Waals surface area contributed by atoms with Crippen LogP contribution in [0.3, 0.4) is 0 Å². The topological polar surface area (TPSA) is 78.9 Å². The molecule has 0 aliphatic rings. The summed E-state index contributed by atoms with van der Waals surface area (Å²) in [5, 5.41) is 0. The molecular formula is C72H132O6. The van der Waals surface area contributed by atoms with Gasteiger partial charge in [0.05, 0.1) is 0 Å². The van der Waals surface area contributed by atoms with Gasteiger partial charge in [0.1, 0.15) is 13.2 Å². The summed E-state index contributed by atoms with van der Waals surface area (Å²) in [6.07, 6.45) is 84.3. The third-order valence-electron chi connectivity index (χ3n) is 15.6. The molecule has 0 spiro atoms. The van der Waals surface area contributed by atoms with Crippen molar-refractivity contribution in [3.63, 3.8) is 0 Å². The number of rotatable bonds is 64. The van der Waals surface area contributed by atoms with Gasteiger partial charge in [0.2, 0.25) is 0 Å². The van der Waals surface area contributed by atoms with Crippen LogP contribution in [0.15, 0.2) is 48.6 Å². The molecule has 0 aromatic heterocycles. The highest BCUT2D eigenvalue weighted by atomic mass is 16.6. The van der Waals surface area contributed by atoms with Crippen LogP contribution in [0.1, 0.15) is 374 Å². The molecule has 456 valence electrons. The van der Waals surface area contributed by atoms with E-state index in [2.05, 4.69) is 69.4 Å². The van der Waals surface area contributed by atoms with E-state index in [9.17, 15) is 14.4 Å². The Bertz CT molecular complexity index is 1350. The minimum Gasteiger partial charge on any atom is -0.462 e. The van der Waals surface area contributed by atoms with Crippen molar-refractivity contribution >= 4 is 17.9 Å². The second kappa shape index (κ2) is 66.9. The summed E-state index contributed by atoms with van der Waals surface area (Å²) in [7, 11) is 0. The van der Waals surface area contributed by atoms with Gasteiger partial charge >= 0.3 is 17.9 Å². The number of carbonyl (C=O) groups is 3. The van der Waals surface area contributed by atoms with Crippen LogP contribution in [0, 0.1) is 0 Å². The molecule has 0 aromatic carbocycles. The molecule has 6 nitrogen and oxygen atoms in total. The summed E-state index contributed by atoms with van der Waals surface area (Å²) in [6.45, 7) is 6.57. The predicted octanol–water partition coefficient (Wildman–Crippen LogP) is 23.7. The first-order valence-electron chi connectivity index (χ1n) is 34.6. The zero-order valence-corrected chi connectivity index (χ0v) is 52.5. The summed E-state index contributed by atoms with van der Waals surface area (Å²) in [4.78, 5) is 38.4. The highest BCUT2D eigenvalue weighted by Crippen LogP contribution is 2.19. The molecule has 0 radical (unpaired) electrons. The van der Waals surface area contributed by atoms with Crippen LogP contribution in [-0.2, 0) is 28.6 Å². The van der Waals surface area contributed by atoms with Gasteiger partial charge in [-0.15, -0.1) is 0 Å². The molecule has 0 aliphatic heterocycles. The fourth-order valence-electron chi connectivity index (χ4n) is 10.4. The number of hydrogen-bond donors (Lipinski definition) is 0. The molecule has 0 aliphatic carbocycles. The molecule has 0 saturated carbocycles. The Morgan fingerprint density at radius 3 is 0.782 bits per heavy atom. The molecule has 1 atom stereocenters. The third-order valence-corrected chi connectivity index (χ3v) is 15.6. The zero-order chi connectivity index (χ0) is 56.4. The minimum absolute atomic E-state index is 0.0810. The lowest BCUT2D eigenvalue weighted by Crippen LogP contribution is -2.30. The molecule has 0 heterocycles. The van der Waals surface area contributed by atoms with E-state index in [0.717, 1.165) is 83.5 Å². The van der Waals surface area contributed by atoms with Crippen LogP contribution in [0.25, 0.3) is 0 Å². The number of ether oxygens (including phenoxy) is 3. The Hall–Kier alpha value is -2.63. The molecule has 78 heavy (non-hydrogen) atoms. The van der Waals surface area contributed by atoms with Gasteiger partial charge in [-0.05, 0) is 57.8 Å². The first kappa shape index (κ1) is 75.4. The average Bonchev–Trinajstić information content (AvgIpc) is 3.44. The standard InChI is InChI=1S/C72H132O6/c1-4-7-10-13-16-19-22-25-28-30-32-34-36-38-39-41-44-47-50-53-56-59-62-65-71(74)77-68-69(67-76-70(73)64-61-58-55-52-49-46-43-27-24-21-18-15-12-9-6-3)78-72(75)66-63-60-57-54-51-48-45-42-40-37-35-33-31-29-26-23-20-17-14-11-8-5-2/h9,12,18,21,27,43,49,52,69H,4-8,10-11,13-17,19-20,22-26,28-42,44-48,50-51,53-68H2,1-3H3/b12-9-,21-18-,43-27-,52-49-. The van der Waals surface area contributed by atoms with Gasteiger partial charge in [0.15, 0.2) is 6.10 Å². The molecule has 0 bridgehead atoms. The lowest BCUT2D eigenvalue weighted by molar-refractivity contribution is -0.167. The van der Waals surface area contributed by atoms with Gasteiger partial charge < -0.3 is 14.2 Å². The summed E-state index contributed by atoms with van der Waals surface area (Å²) in [5.74, 6) is -0.897. The first-order chi connectivity index (χ1) is 38.5. The van der Waals surface area contributed by atoms with Crippen molar-refractivity contribution in [3.05, 3.63) is 48.6 Å². The number of carbonyl (C=O) groups excluding carboxylic acids is 3. The number of esters is 3. The van der Waals surface area contributed by atoms with E-state index in [-0.39, 0.29) is 31.1 Å². The van der Waals surface area contributed by atoms with E-state index < -0.39 is 6.10 Å². The minimum atomic E-state index is -0.788. The first-order valence-corrected chi connectivity index (χ1v) is 34.6. The smallest absolute Gasteiger partial charge is 0.306 e. The molecule has 0 N–H and O–H groups in total. The number of unbranched alkanes of at least 4 members (excludes halogenated alkanes) is 45. The van der Waals surface area contributed by atoms with Crippen molar-refractivity contribution in [2.24, 2.45) is 0 Å². The molecule has 0 rings (SSSR count). The summed E-state index contributed by atoms with van der Waals surface area (Å²) in [6, 6.07) is 0. The van der Waals surface area contributed by atoms with Crippen molar-refractivity contribution in [1.29, 1.82) is 0 Å². The number of allylic oxidation sites excluding steroid dienone is 8. The van der Waals surface area contributed by atoms with E-state index in [4.69, 9.17) is 14.2 Å². The van der Waals surface area contributed by atoms with E-state index in [0.29, 0.717) is 19.3 Å². The largest absolute Gasteiger partial charge is 0.462 e. The van der Waals surface area contributed by atoms with Crippen molar-refractivity contribution in [1.82, 2.24) is 0 Å². The van der Waals surface area contributed by atoms with Crippen molar-refractivity contribution in [3.8, 4) is 0 Å². The predicted molar refractivity (Wildman–Crippen MR) is 339 cm³/mol. The van der Waals surface area contributed by atoms with Gasteiger partial charge in [0, 0.05) is 19.3 Å². The second-order valence-corrected chi connectivity index (χ2v) is 23.4. The van der Waals surface area contributed by atoms with E-state index >= 15 is 0 Å². The lowest BCUT2D eigenvalue weighted by atomic mass is 10.0. The highest BCUT2D eigenvalue weighted by molar-refractivity contribution is 5.71. The SMILES string of the molecule is CC/C=C\C/C=C\C/C=C\C/C=C\CCCCC(=O)OCC(COC(=O)CCCCCCCCCCCCCCCCCCCCCCCCC)OC(=O)CCCCCCCCCCCCCCCCCCCCCCCC. The van der Waals surface area contributed by atoms with Gasteiger partial charge in [-0.25, -0.2) is 0 Å². The van der Waals surface area contributed by atoms with Gasteiger partial charge in [-0.3, -0.25) is 14.4 Å². The summed E-state index contributed by atoms with van der Waals surface area (Å²) < 4.78 is 17.0. The molecular weight excluding hydrogens is 961 g/mol. The van der Waals surface area contributed by atoms with Crippen LogP contribution in [0.2, 0.25) is 0 Å². The van der Waals surface area contributed by atoms with Crippen LogP contribution < -0.4 is 0 Å². The van der Waals surface area contributed by atoms with E-state index in [1.54, 1.807) is 0 Å². The third kappa shape index (κ3) is 64.2. The van der Waals surface area contributed by atoms with Crippen LogP contribution >= 0.6 is 0 Å². The Labute approximate surface area is 486 Å². The van der Waals surface area contributed by atoms with Crippen LogP contribution in [-0.4, -0.2) is 37.2 Å². The zero-order valence-electron chi connectivity index (χ0n) is 52.5. The van der Waals surface area contributed by atoms with Gasteiger partial charge in [-0.2, -0.15) is 0 Å². The Balaban J connectivity index is 4.30. The van der Waals surface area contributed by atoms with Crippen molar-refractivity contribution in [2.45, 2.75) is 380 Å². The Kier molecular flexibility index (Phi) is 64.6. The highest BCUT2D eigenvalue weighted by Gasteiger charge is 2.19. The van der Waals surface area contributed by atoms with Crippen LogP contribution in [0.5, 0.6) is 0 Å². The maximum absolute atomic E-state index is 12.9. The Morgan fingerprint density at radius 2 is 0.500 bits per heavy atom. The molecule has 1 unspecified atom stereocenters. The normalized spacial score (nSPS) is 12.3. The van der Waals surface area contributed by atoms with Crippen molar-refractivity contribution in [2.75, 3.05) is 13.2 Å². The molecule has 6 heteroatoms.